The first-order valence-electron chi connectivity index (χ1n) is 9.23. The second kappa shape index (κ2) is 9.95. The molecule has 0 aliphatic heterocycles. The van der Waals surface area contributed by atoms with E-state index in [-0.39, 0.29) is 5.41 Å². The summed E-state index contributed by atoms with van der Waals surface area (Å²) in [4.78, 5) is 0. The minimum absolute atomic E-state index is 0.234. The fourth-order valence-electron chi connectivity index (χ4n) is 3.76. The second-order valence-corrected chi connectivity index (χ2v) is 11.6. The van der Waals surface area contributed by atoms with Gasteiger partial charge in [0.2, 0.25) is 0 Å². The maximum absolute atomic E-state index is 4.93. The molecule has 0 aromatic heterocycles. The van der Waals surface area contributed by atoms with E-state index in [4.69, 9.17) is 17.0 Å². The molecule has 0 nitrogen and oxygen atoms in total. The van der Waals surface area contributed by atoms with Gasteiger partial charge in [-0.2, -0.15) is 0 Å². The van der Waals surface area contributed by atoms with Crippen molar-refractivity contribution in [3.05, 3.63) is 109 Å². The number of rotatable bonds is 3. The summed E-state index contributed by atoms with van der Waals surface area (Å²) < 4.78 is 0. The van der Waals surface area contributed by atoms with Gasteiger partial charge in [0, 0.05) is 23.7 Å². The molecule has 0 bridgehead atoms. The van der Waals surface area contributed by atoms with E-state index in [1.165, 1.54) is 41.4 Å². The monoisotopic (exact) mass is 472 g/mol. The van der Waals surface area contributed by atoms with E-state index in [1.807, 2.05) is 0 Å². The Morgan fingerprint density at radius 1 is 0.741 bits per heavy atom. The van der Waals surface area contributed by atoms with Crippen molar-refractivity contribution in [1.82, 2.24) is 0 Å². The number of hydrogen-bond donors (Lipinski definition) is 0. The van der Waals surface area contributed by atoms with Gasteiger partial charge in [-0.1, -0.05) is 69.4 Å². The molecule has 2 saturated carbocycles. The molecule has 4 aliphatic carbocycles. The van der Waals surface area contributed by atoms with Crippen LogP contribution in [-0.4, -0.2) is 0 Å². The molecule has 3 heteroatoms. The van der Waals surface area contributed by atoms with Crippen LogP contribution in [0.3, 0.4) is 0 Å². The molecule has 0 saturated heterocycles. The van der Waals surface area contributed by atoms with Crippen molar-refractivity contribution < 1.29 is 20.8 Å². The third kappa shape index (κ3) is 5.32. The summed E-state index contributed by atoms with van der Waals surface area (Å²) in [6, 6.07) is 0. The fraction of sp³-hybridized carbons (Fsp3) is 0.250. The number of hydrogen-bond acceptors (Lipinski definition) is 0. The topological polar surface area (TPSA) is 0 Å². The van der Waals surface area contributed by atoms with Gasteiger partial charge < -0.3 is 0 Å². The first-order chi connectivity index (χ1) is 13.0. The van der Waals surface area contributed by atoms with Gasteiger partial charge in [-0.15, -0.1) is 0 Å². The molecule has 27 heavy (non-hydrogen) atoms. The molecule has 0 aromatic carbocycles. The fourth-order valence-corrected chi connectivity index (χ4v) is 3.76. The Kier molecular flexibility index (Phi) is 8.15. The van der Waals surface area contributed by atoms with Gasteiger partial charge in [0.25, 0.3) is 0 Å². The van der Waals surface area contributed by atoms with Gasteiger partial charge in [-0.3, -0.25) is 0 Å². The van der Waals surface area contributed by atoms with Crippen LogP contribution in [0.4, 0.5) is 0 Å². The van der Waals surface area contributed by atoms with Crippen LogP contribution >= 0.6 is 17.0 Å². The molecule has 4 aliphatic rings. The molecule has 0 atom stereocenters. The van der Waals surface area contributed by atoms with Crippen molar-refractivity contribution in [1.29, 1.82) is 0 Å². The molecular weight excluding hydrogens is 450 g/mol. The van der Waals surface area contributed by atoms with E-state index in [0.717, 1.165) is 12.8 Å². The predicted octanol–water partition coefficient (Wildman–Crippen LogP) is 7.10. The van der Waals surface area contributed by atoms with Crippen molar-refractivity contribution in [3.63, 3.8) is 0 Å². The van der Waals surface area contributed by atoms with Crippen LogP contribution in [0, 0.1) is 66.1 Å². The normalized spacial score (nSPS) is 24.9. The summed E-state index contributed by atoms with van der Waals surface area (Å²) in [5, 5.41) is 0. The second-order valence-electron chi connectivity index (χ2n) is 7.90. The van der Waals surface area contributed by atoms with E-state index in [1.54, 1.807) is 0 Å². The molecule has 0 spiro atoms. The molecule has 2 fully saturated rings. The van der Waals surface area contributed by atoms with Crippen molar-refractivity contribution in [2.75, 3.05) is 0 Å². The molecule has 4 rings (SSSR count). The zero-order chi connectivity index (χ0) is 19.4. The number of allylic oxidation sites excluding steroid dienone is 8. The van der Waals surface area contributed by atoms with Gasteiger partial charge in [0.05, 0.1) is 0 Å². The maximum atomic E-state index is 4.93. The molecular formula is C24H24Cl2Zr. The third-order valence-corrected chi connectivity index (χ3v) is 5.14. The average Bonchev–Trinajstić information content (AvgIpc) is 3.24. The molecule has 0 unspecified atom stereocenters. The molecule has 138 valence electrons. The molecule has 0 amide bonds. The van der Waals surface area contributed by atoms with Crippen molar-refractivity contribution in [3.8, 4) is 0 Å². The Morgan fingerprint density at radius 3 is 1.67 bits per heavy atom. The molecule has 10 radical (unpaired) electrons. The minimum atomic E-state index is -0.826. The van der Waals surface area contributed by atoms with Crippen LogP contribution in [0.5, 0.6) is 0 Å². The Hall–Kier alpha value is 0.423. The van der Waals surface area contributed by atoms with Crippen LogP contribution in [0.2, 0.25) is 0 Å². The van der Waals surface area contributed by atoms with Crippen molar-refractivity contribution in [2.45, 2.75) is 33.6 Å². The Bertz CT molecular complexity index is 564. The summed E-state index contributed by atoms with van der Waals surface area (Å²) in [6.07, 6.45) is 26.8. The van der Waals surface area contributed by atoms with Crippen LogP contribution in [0.25, 0.3) is 0 Å². The van der Waals surface area contributed by atoms with E-state index in [0.29, 0.717) is 0 Å². The first-order valence-corrected chi connectivity index (χ1v) is 15.6. The zero-order valence-electron chi connectivity index (χ0n) is 16.0. The summed E-state index contributed by atoms with van der Waals surface area (Å²) in [6.45, 7) is 6.85. The molecule has 0 aromatic rings. The Morgan fingerprint density at radius 2 is 1.22 bits per heavy atom. The van der Waals surface area contributed by atoms with Crippen LogP contribution in [-0.2, 0) is 20.8 Å². The van der Waals surface area contributed by atoms with Gasteiger partial charge >= 0.3 is 37.9 Å². The van der Waals surface area contributed by atoms with Crippen molar-refractivity contribution >= 4 is 17.0 Å². The number of fused-ring (bicyclic) bond motifs is 3. The van der Waals surface area contributed by atoms with E-state index in [2.05, 4.69) is 88.6 Å². The first kappa shape index (κ1) is 22.1. The molecule has 0 heterocycles. The van der Waals surface area contributed by atoms with E-state index >= 15 is 0 Å². The van der Waals surface area contributed by atoms with Gasteiger partial charge in [-0.25, -0.2) is 0 Å². The van der Waals surface area contributed by atoms with Gasteiger partial charge in [0.1, 0.15) is 0 Å². The third-order valence-electron chi connectivity index (χ3n) is 5.14. The number of halogens is 2. The van der Waals surface area contributed by atoms with Gasteiger partial charge in [-0.05, 0) is 55.3 Å². The van der Waals surface area contributed by atoms with Crippen LogP contribution < -0.4 is 0 Å². The predicted molar refractivity (Wildman–Crippen MR) is 113 cm³/mol. The summed E-state index contributed by atoms with van der Waals surface area (Å²) in [5.74, 6) is 10.0. The quantitative estimate of drug-likeness (QED) is 0.409. The standard InChI is InChI=1S/C24H24.2ClH.Zr/c1-24(2,3)18-14-12-17(16-18)13-15-23-21-10-6-4-8-19(21)20-9-5-7-11-22(20)23;;;/h4-12,14,16H,13,15H2,1-3H3;2*1H;/q;;;+2/p-2. The van der Waals surface area contributed by atoms with Crippen LogP contribution in [0.15, 0.2) is 48.6 Å². The van der Waals surface area contributed by atoms with E-state index in [9.17, 15) is 0 Å². The molecule has 0 N–H and O–H groups in total. The summed E-state index contributed by atoms with van der Waals surface area (Å²) in [7, 11) is 9.87. The van der Waals surface area contributed by atoms with E-state index < -0.39 is 20.8 Å². The zero-order valence-corrected chi connectivity index (χ0v) is 20.0. The average molecular weight is 475 g/mol. The van der Waals surface area contributed by atoms with Crippen LogP contribution in [0.1, 0.15) is 33.6 Å². The summed E-state index contributed by atoms with van der Waals surface area (Å²) in [5.41, 5.74) is 0.234. The Balaban J connectivity index is 0.000000659. The van der Waals surface area contributed by atoms with Gasteiger partial charge in [0.15, 0.2) is 0 Å². The SMILES string of the molecule is CC(C)(C)[C]1[CH][CH][C](CC[C]2[C]3C=CC=C[C]3[C]3C=CC=C[C]32)[CH]1.[Cl][Zr][Cl]. The van der Waals surface area contributed by atoms with Crippen molar-refractivity contribution in [2.24, 2.45) is 5.41 Å². The Labute approximate surface area is 185 Å². The summed E-state index contributed by atoms with van der Waals surface area (Å²) >= 11 is -0.826.